The van der Waals surface area contributed by atoms with Crippen LogP contribution in [0.4, 0.5) is 0 Å². The summed E-state index contributed by atoms with van der Waals surface area (Å²) in [4.78, 5) is 0. The standard InChI is InChI=1S/C23H34O3Si/c1-3-4-5-6-7-14-19-25-27(26-21-20-24-2,22-15-10-8-11-16-22)23-17-12-9-13-18-23/h8-13,15-18H,3-7,14,19-21H2,1-2H3. The molecule has 148 valence electrons. The minimum absolute atomic E-state index is 0.531. The maximum atomic E-state index is 6.62. The Morgan fingerprint density at radius 2 is 1.15 bits per heavy atom. The van der Waals surface area contributed by atoms with Gasteiger partial charge < -0.3 is 13.6 Å². The van der Waals surface area contributed by atoms with E-state index in [1.54, 1.807) is 7.11 Å². The van der Waals surface area contributed by atoms with E-state index in [1.165, 1.54) is 32.1 Å². The van der Waals surface area contributed by atoms with Crippen molar-refractivity contribution in [2.24, 2.45) is 0 Å². The molecular weight excluding hydrogens is 352 g/mol. The van der Waals surface area contributed by atoms with Gasteiger partial charge in [-0.15, -0.1) is 0 Å². The minimum Gasteiger partial charge on any atom is -0.388 e. The highest BCUT2D eigenvalue weighted by Gasteiger charge is 2.42. The van der Waals surface area contributed by atoms with Crippen molar-refractivity contribution in [3.8, 4) is 0 Å². The zero-order valence-corrected chi connectivity index (χ0v) is 17.9. The van der Waals surface area contributed by atoms with Gasteiger partial charge in [-0.1, -0.05) is 99.7 Å². The molecule has 0 aliphatic rings. The van der Waals surface area contributed by atoms with Crippen molar-refractivity contribution < 1.29 is 13.6 Å². The fourth-order valence-electron chi connectivity index (χ4n) is 3.22. The Kier molecular flexibility index (Phi) is 10.4. The second-order valence-electron chi connectivity index (χ2n) is 6.81. The average Bonchev–Trinajstić information content (AvgIpc) is 2.73. The van der Waals surface area contributed by atoms with Crippen molar-refractivity contribution in [1.29, 1.82) is 0 Å². The number of benzene rings is 2. The molecule has 4 heteroatoms. The number of rotatable bonds is 14. The average molecular weight is 387 g/mol. The Hall–Kier alpha value is -1.46. The number of hydrogen-bond donors (Lipinski definition) is 0. The van der Waals surface area contributed by atoms with E-state index in [4.69, 9.17) is 13.6 Å². The summed E-state index contributed by atoms with van der Waals surface area (Å²) in [6.45, 7) is 4.08. The van der Waals surface area contributed by atoms with Crippen LogP contribution in [-0.4, -0.2) is 35.5 Å². The van der Waals surface area contributed by atoms with Crippen molar-refractivity contribution in [1.82, 2.24) is 0 Å². The lowest BCUT2D eigenvalue weighted by atomic mass is 10.1. The predicted molar refractivity (Wildman–Crippen MR) is 115 cm³/mol. The quantitative estimate of drug-likeness (QED) is 0.358. The third-order valence-corrected chi connectivity index (χ3v) is 8.11. The Morgan fingerprint density at radius 1 is 0.630 bits per heavy atom. The highest BCUT2D eigenvalue weighted by Crippen LogP contribution is 2.13. The Balaban J connectivity index is 2.15. The molecule has 0 unspecified atom stereocenters. The molecule has 2 aromatic rings. The fraction of sp³-hybridized carbons (Fsp3) is 0.478. The first kappa shape index (κ1) is 21.8. The van der Waals surface area contributed by atoms with Crippen LogP contribution in [0.3, 0.4) is 0 Å². The summed E-state index contributed by atoms with van der Waals surface area (Å²) >= 11 is 0. The summed E-state index contributed by atoms with van der Waals surface area (Å²) in [5.41, 5.74) is 0. The van der Waals surface area contributed by atoms with Gasteiger partial charge in [0.1, 0.15) is 0 Å². The van der Waals surface area contributed by atoms with Gasteiger partial charge in [0.15, 0.2) is 0 Å². The summed E-state index contributed by atoms with van der Waals surface area (Å²) in [7, 11) is -1.04. The summed E-state index contributed by atoms with van der Waals surface area (Å²) < 4.78 is 18.3. The van der Waals surface area contributed by atoms with Crippen LogP contribution >= 0.6 is 0 Å². The number of unbranched alkanes of at least 4 members (excludes halogenated alkanes) is 5. The molecule has 27 heavy (non-hydrogen) atoms. The summed E-state index contributed by atoms with van der Waals surface area (Å²) in [5, 5.41) is 2.30. The molecule has 0 bridgehead atoms. The Labute approximate surface area is 165 Å². The van der Waals surface area contributed by atoms with E-state index < -0.39 is 8.56 Å². The van der Waals surface area contributed by atoms with Crippen LogP contribution < -0.4 is 10.4 Å². The summed E-state index contributed by atoms with van der Waals surface area (Å²) in [5.74, 6) is 0. The van der Waals surface area contributed by atoms with Gasteiger partial charge >= 0.3 is 8.56 Å². The van der Waals surface area contributed by atoms with Crippen LogP contribution in [0.25, 0.3) is 0 Å². The highest BCUT2D eigenvalue weighted by molar-refractivity contribution is 6.92. The molecule has 3 nitrogen and oxygen atoms in total. The lowest BCUT2D eigenvalue weighted by Gasteiger charge is -2.31. The van der Waals surface area contributed by atoms with Crippen LogP contribution in [0.1, 0.15) is 45.4 Å². The summed E-state index contributed by atoms with van der Waals surface area (Å²) in [6, 6.07) is 20.9. The molecule has 2 aromatic carbocycles. The molecule has 0 amide bonds. The van der Waals surface area contributed by atoms with Crippen molar-refractivity contribution in [3.63, 3.8) is 0 Å². The maximum Gasteiger partial charge on any atom is 0.407 e. The van der Waals surface area contributed by atoms with Crippen molar-refractivity contribution in [3.05, 3.63) is 60.7 Å². The number of hydrogen-bond acceptors (Lipinski definition) is 3. The van der Waals surface area contributed by atoms with E-state index in [-0.39, 0.29) is 0 Å². The van der Waals surface area contributed by atoms with Crippen LogP contribution in [0, 0.1) is 0 Å². The van der Waals surface area contributed by atoms with Crippen LogP contribution in [0.5, 0.6) is 0 Å². The van der Waals surface area contributed by atoms with Crippen molar-refractivity contribution in [2.75, 3.05) is 26.9 Å². The highest BCUT2D eigenvalue weighted by atomic mass is 28.4. The zero-order chi connectivity index (χ0) is 19.2. The molecule has 0 aromatic heterocycles. The van der Waals surface area contributed by atoms with E-state index in [2.05, 4.69) is 55.5 Å². The molecule has 0 heterocycles. The van der Waals surface area contributed by atoms with Gasteiger partial charge in [0.05, 0.1) is 13.2 Å². The van der Waals surface area contributed by atoms with Gasteiger partial charge in [0.25, 0.3) is 0 Å². The third-order valence-electron chi connectivity index (χ3n) is 4.70. The van der Waals surface area contributed by atoms with E-state index in [1.807, 2.05) is 12.1 Å². The molecule has 0 atom stereocenters. The molecule has 0 spiro atoms. The number of ether oxygens (including phenoxy) is 1. The van der Waals surface area contributed by atoms with Crippen LogP contribution in [0.15, 0.2) is 60.7 Å². The summed E-state index contributed by atoms with van der Waals surface area (Å²) in [6.07, 6.45) is 7.50. The van der Waals surface area contributed by atoms with Crippen LogP contribution in [-0.2, 0) is 13.6 Å². The molecule has 0 aliphatic heterocycles. The SMILES string of the molecule is CCCCCCCCO[Si](OCCOC)(c1ccccc1)c1ccccc1. The van der Waals surface area contributed by atoms with E-state index in [0.29, 0.717) is 13.2 Å². The molecule has 0 fully saturated rings. The monoisotopic (exact) mass is 386 g/mol. The molecule has 0 saturated carbocycles. The molecular formula is C23H34O3Si. The van der Waals surface area contributed by atoms with Gasteiger partial charge in [-0.3, -0.25) is 0 Å². The number of methoxy groups -OCH3 is 1. The molecule has 0 aliphatic carbocycles. The Bertz CT molecular complexity index is 564. The second kappa shape index (κ2) is 12.8. The van der Waals surface area contributed by atoms with E-state index in [0.717, 1.165) is 23.4 Å². The molecule has 2 rings (SSSR count). The van der Waals surface area contributed by atoms with Gasteiger partial charge in [-0.2, -0.15) is 0 Å². The lowest BCUT2D eigenvalue weighted by molar-refractivity contribution is 0.118. The predicted octanol–water partition coefficient (Wildman–Crippen LogP) is 4.28. The first-order valence-corrected chi connectivity index (χ1v) is 12.0. The second-order valence-corrected chi connectivity index (χ2v) is 9.77. The van der Waals surface area contributed by atoms with Gasteiger partial charge in [-0.25, -0.2) is 0 Å². The smallest absolute Gasteiger partial charge is 0.388 e. The van der Waals surface area contributed by atoms with Crippen molar-refractivity contribution in [2.45, 2.75) is 45.4 Å². The van der Waals surface area contributed by atoms with Crippen molar-refractivity contribution >= 4 is 18.9 Å². The van der Waals surface area contributed by atoms with Gasteiger partial charge in [0, 0.05) is 13.7 Å². The topological polar surface area (TPSA) is 27.7 Å². The lowest BCUT2D eigenvalue weighted by Crippen LogP contribution is -2.63. The third kappa shape index (κ3) is 6.89. The molecule has 0 radical (unpaired) electrons. The van der Waals surface area contributed by atoms with Gasteiger partial charge in [0.2, 0.25) is 0 Å². The van der Waals surface area contributed by atoms with Gasteiger partial charge in [-0.05, 0) is 16.8 Å². The van der Waals surface area contributed by atoms with Crippen LogP contribution in [0.2, 0.25) is 0 Å². The van der Waals surface area contributed by atoms with E-state index >= 15 is 0 Å². The molecule has 0 saturated heterocycles. The largest absolute Gasteiger partial charge is 0.407 e. The van der Waals surface area contributed by atoms with E-state index in [9.17, 15) is 0 Å². The first-order valence-electron chi connectivity index (χ1n) is 10.2. The minimum atomic E-state index is -2.74. The normalized spacial score (nSPS) is 11.6. The zero-order valence-electron chi connectivity index (χ0n) is 16.9. The maximum absolute atomic E-state index is 6.62. The molecule has 0 N–H and O–H groups in total. The fourth-order valence-corrected chi connectivity index (χ4v) is 6.37. The first-order chi connectivity index (χ1) is 13.3. The Morgan fingerprint density at radius 3 is 1.70 bits per heavy atom.